The number of hydrogen-bond donors (Lipinski definition) is 5. The van der Waals surface area contributed by atoms with Gasteiger partial charge in [-0.3, -0.25) is 5.32 Å². The Bertz CT molecular complexity index is 1200. The molecule has 5 N–H and O–H groups in total. The van der Waals surface area contributed by atoms with Crippen LogP contribution in [0, 0.1) is 29.7 Å². The van der Waals surface area contributed by atoms with Crippen molar-refractivity contribution in [3.63, 3.8) is 0 Å². The number of benzene rings is 1. The van der Waals surface area contributed by atoms with E-state index in [0.717, 1.165) is 80.8 Å². The molecule has 2 saturated carbocycles. The van der Waals surface area contributed by atoms with Gasteiger partial charge in [-0.15, -0.1) is 4.99 Å². The first-order valence-electron chi connectivity index (χ1n) is 17.5. The molecule has 8 heteroatoms. The molecule has 6 unspecified atom stereocenters. The maximum absolute atomic E-state index is 10.7. The Balaban J connectivity index is 1.22. The summed E-state index contributed by atoms with van der Waals surface area (Å²) in [5.41, 5.74) is 3.65. The number of hydrogen-bond acceptors (Lipinski definition) is 8. The summed E-state index contributed by atoms with van der Waals surface area (Å²) in [5, 5.41) is 37.4. The van der Waals surface area contributed by atoms with Crippen LogP contribution in [0.25, 0.3) is 0 Å². The van der Waals surface area contributed by atoms with E-state index in [0.29, 0.717) is 30.7 Å². The lowest BCUT2D eigenvalue weighted by molar-refractivity contribution is 0.123. The largest absolute Gasteiger partial charge is 0.592 e. The Morgan fingerprint density at radius 2 is 2.07 bits per heavy atom. The van der Waals surface area contributed by atoms with Gasteiger partial charge in [-0.2, -0.15) is 12.0 Å². The van der Waals surface area contributed by atoms with Crippen LogP contribution < -0.4 is 15.4 Å². The molecule has 4 aliphatic rings. The molecule has 0 bridgehead atoms. The van der Waals surface area contributed by atoms with Gasteiger partial charge in [-0.1, -0.05) is 57.8 Å². The van der Waals surface area contributed by atoms with Crippen molar-refractivity contribution in [1.82, 2.24) is 10.6 Å². The smallest absolute Gasteiger partial charge is 0.189 e. The highest BCUT2D eigenvalue weighted by atomic mass is 16.5. The Labute approximate surface area is 270 Å². The number of nitrogens with zero attached hydrogens (tertiary/aromatic N) is 1. The quantitative estimate of drug-likeness (QED) is 0.147. The summed E-state index contributed by atoms with van der Waals surface area (Å²) in [6, 6.07) is 6.48. The van der Waals surface area contributed by atoms with E-state index in [1.807, 2.05) is 25.1 Å². The minimum Gasteiger partial charge on any atom is -0.592 e. The summed E-state index contributed by atoms with van der Waals surface area (Å²) >= 11 is 0. The van der Waals surface area contributed by atoms with Crippen LogP contribution in [0.15, 0.2) is 46.7 Å². The number of aliphatic hydroxyl groups is 2. The van der Waals surface area contributed by atoms with Crippen molar-refractivity contribution in [2.75, 3.05) is 32.8 Å². The standard InChI is InChI=1S/C37H55N3O5/c1-4-6-10-36-27(22-41)18-28(45-36)14-11-25-12-16-35(43)37(17-25)44-23-34(39-5-2)33-19-30-31(21-38-20-24(3)42)29-9-7-8-26(29)13-15-32(30)40-33/h12,16-19,24,26,29,31,34,36,38-39,41-43H,4-11,13-15,20-23H2,1-3H3. The van der Waals surface area contributed by atoms with E-state index in [2.05, 4.69) is 30.6 Å². The summed E-state index contributed by atoms with van der Waals surface area (Å²) in [5.74, 6) is 4.31. The zero-order valence-corrected chi connectivity index (χ0v) is 27.6. The molecule has 248 valence electrons. The Hall–Kier alpha value is -2.65. The first-order valence-corrected chi connectivity index (χ1v) is 17.5. The molecule has 0 aromatic heterocycles. The minimum absolute atomic E-state index is 0.0122. The van der Waals surface area contributed by atoms with Crippen LogP contribution >= 0.6 is 0 Å². The Morgan fingerprint density at radius 3 is 2.84 bits per heavy atom. The summed E-state index contributed by atoms with van der Waals surface area (Å²) in [6.45, 7) is 8.74. The van der Waals surface area contributed by atoms with Crippen LogP contribution in [0.3, 0.4) is 0 Å². The third-order valence-corrected chi connectivity index (χ3v) is 10.0. The van der Waals surface area contributed by atoms with Gasteiger partial charge in [0.1, 0.15) is 18.2 Å². The van der Waals surface area contributed by atoms with Crippen molar-refractivity contribution in [2.45, 2.75) is 103 Å². The number of allylic oxidation sites excluding steroid dienone is 1. The number of likely N-dealkylation sites (N-methyl/N-ethyl adjacent to an activating group) is 1. The summed E-state index contributed by atoms with van der Waals surface area (Å²) < 4.78 is 12.4. The Kier molecular flexibility index (Phi) is 12.2. The van der Waals surface area contributed by atoms with Crippen LogP contribution in [0.1, 0.15) is 84.1 Å². The lowest BCUT2D eigenvalue weighted by atomic mass is 9.80. The number of aliphatic hydroxyl groups excluding tert-OH is 2. The highest BCUT2D eigenvalue weighted by Gasteiger charge is 2.47. The van der Waals surface area contributed by atoms with Gasteiger partial charge in [-0.05, 0) is 68.7 Å². The van der Waals surface area contributed by atoms with Crippen molar-refractivity contribution in [3.8, 4) is 11.5 Å². The highest BCUT2D eigenvalue weighted by Crippen LogP contribution is 2.47. The van der Waals surface area contributed by atoms with E-state index in [4.69, 9.17) is 14.5 Å². The predicted molar refractivity (Wildman–Crippen MR) is 179 cm³/mol. The second kappa shape index (κ2) is 16.3. The molecular weight excluding hydrogens is 566 g/mol. The lowest BCUT2D eigenvalue weighted by Gasteiger charge is -2.26. The zero-order chi connectivity index (χ0) is 31.8. The average molecular weight is 622 g/mol. The van der Waals surface area contributed by atoms with E-state index in [1.54, 1.807) is 6.07 Å². The van der Waals surface area contributed by atoms with Gasteiger partial charge in [0, 0.05) is 32.2 Å². The summed E-state index contributed by atoms with van der Waals surface area (Å²) in [7, 11) is 0. The number of aryl methyl sites for hydroxylation is 1. The van der Waals surface area contributed by atoms with Gasteiger partial charge in [0.25, 0.3) is 0 Å². The van der Waals surface area contributed by atoms with E-state index in [-0.39, 0.29) is 30.6 Å². The summed E-state index contributed by atoms with van der Waals surface area (Å²) in [4.78, 5) is 5.19. The minimum atomic E-state index is -0.359. The van der Waals surface area contributed by atoms with Crippen LogP contribution in [-0.4, -0.2) is 72.1 Å². The number of aliphatic imine (C=N–C) groups is 1. The third kappa shape index (κ3) is 8.59. The number of rotatable bonds is 17. The van der Waals surface area contributed by atoms with Gasteiger partial charge in [0.05, 0.1) is 18.1 Å². The number of ether oxygens (including phenoxy) is 2. The molecule has 1 aromatic rings. The first-order chi connectivity index (χ1) is 21.9. The van der Waals surface area contributed by atoms with E-state index in [1.165, 1.54) is 37.0 Å². The molecule has 2 fully saturated rings. The molecule has 0 saturated heterocycles. The van der Waals surface area contributed by atoms with Gasteiger partial charge in [0.2, 0.25) is 0 Å². The normalized spacial score (nSPS) is 25.6. The number of aromatic hydroxyl groups is 1. The van der Waals surface area contributed by atoms with E-state index < -0.39 is 0 Å². The van der Waals surface area contributed by atoms with E-state index >= 15 is 0 Å². The molecule has 8 nitrogen and oxygen atoms in total. The lowest BCUT2D eigenvalue weighted by Crippen LogP contribution is -2.38. The number of phenolic OH excluding ortho intramolecular Hbond substituents is 1. The molecule has 2 heterocycles. The van der Waals surface area contributed by atoms with Gasteiger partial charge in [0.15, 0.2) is 23.3 Å². The maximum Gasteiger partial charge on any atom is 0.189 e. The zero-order valence-electron chi connectivity index (χ0n) is 27.6. The average Bonchev–Trinajstić information content (AvgIpc) is 3.76. The SMILES string of the molecule is CCCCC1OC(CCc2ccc(O)c(OCC(NCC)[C+]3C=C4C(=N3)CCC3CCCC3C4CNCC(C)O)c2)=C[C-]1CO. The Morgan fingerprint density at radius 1 is 1.20 bits per heavy atom. The fourth-order valence-corrected chi connectivity index (χ4v) is 7.68. The molecule has 6 atom stereocenters. The van der Waals surface area contributed by atoms with E-state index in [9.17, 15) is 15.3 Å². The molecule has 0 spiro atoms. The fourth-order valence-electron chi connectivity index (χ4n) is 7.68. The van der Waals surface area contributed by atoms with Crippen molar-refractivity contribution >= 4 is 5.71 Å². The van der Waals surface area contributed by atoms with Crippen molar-refractivity contribution < 1.29 is 24.8 Å². The first kappa shape index (κ1) is 33.7. The van der Waals surface area contributed by atoms with Crippen LogP contribution in [0.4, 0.5) is 0 Å². The monoisotopic (exact) mass is 621 g/mol. The predicted octanol–water partition coefficient (Wildman–Crippen LogP) is 5.43. The van der Waals surface area contributed by atoms with Crippen LogP contribution in [0.5, 0.6) is 11.5 Å². The van der Waals surface area contributed by atoms with Crippen LogP contribution in [0.2, 0.25) is 0 Å². The van der Waals surface area contributed by atoms with Gasteiger partial charge < -0.3 is 30.1 Å². The van der Waals surface area contributed by atoms with Crippen molar-refractivity contribution in [2.24, 2.45) is 22.7 Å². The number of fused-ring (bicyclic) bond motifs is 2. The number of nitrogens with one attached hydrogen (secondary N) is 2. The molecule has 5 rings (SSSR count). The number of unbranched alkanes of at least 4 members (excludes halogenated alkanes) is 1. The van der Waals surface area contributed by atoms with Crippen LogP contribution in [-0.2, 0) is 11.2 Å². The summed E-state index contributed by atoms with van der Waals surface area (Å²) in [6.07, 6.45) is 14.6. The molecule has 45 heavy (non-hydrogen) atoms. The van der Waals surface area contributed by atoms with Crippen molar-refractivity contribution in [1.29, 1.82) is 0 Å². The topological polar surface area (TPSA) is 116 Å². The fraction of sp³-hybridized carbons (Fsp3) is 0.649. The number of phenols is 1. The molecule has 0 radical (unpaired) electrons. The second-order valence-corrected chi connectivity index (χ2v) is 13.4. The maximum atomic E-state index is 10.7. The van der Waals surface area contributed by atoms with Gasteiger partial charge >= 0.3 is 0 Å². The molecule has 0 amide bonds. The van der Waals surface area contributed by atoms with Gasteiger partial charge in [-0.25, -0.2) is 0 Å². The molecule has 2 aliphatic heterocycles. The molecular formula is C37H55N3O5. The molecule has 1 aromatic carbocycles. The van der Waals surface area contributed by atoms with Crippen molar-refractivity contribution in [3.05, 3.63) is 59.2 Å². The molecule has 2 aliphatic carbocycles. The highest BCUT2D eigenvalue weighted by molar-refractivity contribution is 6.04. The third-order valence-electron chi connectivity index (χ3n) is 10.0. The second-order valence-electron chi connectivity index (χ2n) is 13.4.